The smallest absolute Gasteiger partial charge is 0.240 e. The van der Waals surface area contributed by atoms with E-state index in [1.54, 1.807) is 24.3 Å². The van der Waals surface area contributed by atoms with Crippen molar-refractivity contribution in [1.29, 1.82) is 0 Å². The molecule has 0 fully saturated rings. The minimum absolute atomic E-state index is 0.126. The summed E-state index contributed by atoms with van der Waals surface area (Å²) in [6, 6.07) is 12.4. The molecule has 1 aromatic heterocycles. The molecule has 0 atom stereocenters. The summed E-state index contributed by atoms with van der Waals surface area (Å²) >= 11 is 0. The number of hydrogen-bond donors (Lipinski definition) is 1. The van der Waals surface area contributed by atoms with Crippen molar-refractivity contribution in [2.75, 3.05) is 6.54 Å². The first-order chi connectivity index (χ1) is 11.9. The summed E-state index contributed by atoms with van der Waals surface area (Å²) < 4.78 is 45.0. The Morgan fingerprint density at radius 1 is 1.16 bits per heavy atom. The number of sulfonamides is 1. The zero-order chi connectivity index (χ0) is 17.9. The number of hydrogen-bond acceptors (Lipinski definition) is 5. The second-order valence-electron chi connectivity index (χ2n) is 5.48. The van der Waals surface area contributed by atoms with Gasteiger partial charge in [0.25, 0.3) is 0 Å². The van der Waals surface area contributed by atoms with E-state index in [9.17, 15) is 12.8 Å². The first kappa shape index (κ1) is 17.2. The summed E-state index contributed by atoms with van der Waals surface area (Å²) in [5, 5.41) is 3.82. The van der Waals surface area contributed by atoms with E-state index in [0.29, 0.717) is 17.3 Å². The van der Waals surface area contributed by atoms with Crippen molar-refractivity contribution in [3.63, 3.8) is 0 Å². The number of halogens is 1. The summed E-state index contributed by atoms with van der Waals surface area (Å²) in [6.45, 7) is 1.95. The highest BCUT2D eigenvalue weighted by Gasteiger charge is 2.15. The second kappa shape index (κ2) is 7.12. The molecule has 0 amide bonds. The first-order valence-electron chi connectivity index (χ1n) is 7.59. The molecule has 1 heterocycles. The summed E-state index contributed by atoms with van der Waals surface area (Å²) in [6.07, 6.45) is 0.249. The number of nitrogens with one attached hydrogen (secondary N) is 1. The van der Waals surface area contributed by atoms with Gasteiger partial charge in [0.1, 0.15) is 5.82 Å². The average Bonchev–Trinajstić information content (AvgIpc) is 3.04. The summed E-state index contributed by atoms with van der Waals surface area (Å²) in [7, 11) is -3.58. The topological polar surface area (TPSA) is 85.1 Å². The fourth-order valence-corrected chi connectivity index (χ4v) is 3.37. The van der Waals surface area contributed by atoms with Gasteiger partial charge in [-0.05, 0) is 48.9 Å². The Morgan fingerprint density at radius 2 is 1.92 bits per heavy atom. The van der Waals surface area contributed by atoms with Gasteiger partial charge in [-0.15, -0.1) is 0 Å². The van der Waals surface area contributed by atoms with E-state index < -0.39 is 10.0 Å². The molecule has 130 valence electrons. The lowest BCUT2D eigenvalue weighted by atomic mass is 10.2. The van der Waals surface area contributed by atoms with E-state index in [4.69, 9.17) is 4.52 Å². The van der Waals surface area contributed by atoms with Gasteiger partial charge in [0, 0.05) is 18.5 Å². The van der Waals surface area contributed by atoms with Gasteiger partial charge in [-0.25, -0.2) is 17.5 Å². The highest BCUT2D eigenvalue weighted by atomic mass is 32.2. The van der Waals surface area contributed by atoms with E-state index in [2.05, 4.69) is 14.9 Å². The molecule has 0 bridgehead atoms. The van der Waals surface area contributed by atoms with E-state index in [-0.39, 0.29) is 23.7 Å². The fourth-order valence-electron chi connectivity index (χ4n) is 2.23. The third-order valence-electron chi connectivity index (χ3n) is 3.50. The number of rotatable bonds is 6. The van der Waals surface area contributed by atoms with Crippen LogP contribution in [0.25, 0.3) is 11.4 Å². The molecular formula is C17H16FN3O3S. The lowest BCUT2D eigenvalue weighted by Gasteiger charge is -2.06. The van der Waals surface area contributed by atoms with Crippen LogP contribution >= 0.6 is 0 Å². The van der Waals surface area contributed by atoms with Crippen molar-refractivity contribution in [2.45, 2.75) is 18.2 Å². The fraction of sp³-hybridized carbons (Fsp3) is 0.176. The molecule has 8 heteroatoms. The molecule has 6 nitrogen and oxygen atoms in total. The molecular weight excluding hydrogens is 345 g/mol. The van der Waals surface area contributed by atoms with Crippen LogP contribution in [0.4, 0.5) is 4.39 Å². The standard InChI is InChI=1S/C17H16FN3O3S/c1-12-3-2-4-15(11-12)25(22,23)19-10-9-16-20-17(21-24-16)13-5-7-14(18)8-6-13/h2-8,11,19H,9-10H2,1H3. The summed E-state index contributed by atoms with van der Waals surface area (Å²) in [5.41, 5.74) is 1.49. The van der Waals surface area contributed by atoms with Crippen LogP contribution in [0.2, 0.25) is 0 Å². The van der Waals surface area contributed by atoms with Crippen molar-refractivity contribution in [2.24, 2.45) is 0 Å². The maximum absolute atomic E-state index is 12.9. The van der Waals surface area contributed by atoms with Crippen LogP contribution < -0.4 is 4.72 Å². The van der Waals surface area contributed by atoms with Crippen molar-refractivity contribution in [3.05, 3.63) is 65.8 Å². The van der Waals surface area contributed by atoms with Gasteiger partial charge in [0.2, 0.25) is 21.7 Å². The van der Waals surface area contributed by atoms with Gasteiger partial charge < -0.3 is 4.52 Å². The van der Waals surface area contributed by atoms with Crippen LogP contribution in [0.1, 0.15) is 11.5 Å². The number of nitrogens with zero attached hydrogens (tertiary/aromatic N) is 2. The Balaban J connectivity index is 1.62. The highest BCUT2D eigenvalue weighted by molar-refractivity contribution is 7.89. The van der Waals surface area contributed by atoms with Crippen molar-refractivity contribution >= 4 is 10.0 Å². The van der Waals surface area contributed by atoms with Crippen molar-refractivity contribution in [3.8, 4) is 11.4 Å². The predicted octanol–water partition coefficient (Wildman–Crippen LogP) is 2.71. The predicted molar refractivity (Wildman–Crippen MR) is 89.8 cm³/mol. The molecule has 0 spiro atoms. The van der Waals surface area contributed by atoms with Crippen LogP contribution in [0.15, 0.2) is 57.9 Å². The third kappa shape index (κ3) is 4.28. The number of aryl methyl sites for hydroxylation is 1. The highest BCUT2D eigenvalue weighted by Crippen LogP contribution is 2.16. The molecule has 1 N–H and O–H groups in total. The van der Waals surface area contributed by atoms with E-state index in [0.717, 1.165) is 5.56 Å². The third-order valence-corrected chi connectivity index (χ3v) is 4.96. The average molecular weight is 361 g/mol. The molecule has 0 aliphatic heterocycles. The van der Waals surface area contributed by atoms with Crippen molar-refractivity contribution < 1.29 is 17.3 Å². The molecule has 25 heavy (non-hydrogen) atoms. The van der Waals surface area contributed by atoms with E-state index in [1.165, 1.54) is 18.2 Å². The first-order valence-corrected chi connectivity index (χ1v) is 9.07. The Bertz CT molecular complexity index is 969. The lowest BCUT2D eigenvalue weighted by molar-refractivity contribution is 0.379. The Kier molecular flexibility index (Phi) is 4.91. The lowest BCUT2D eigenvalue weighted by Crippen LogP contribution is -2.26. The molecule has 0 unspecified atom stereocenters. The van der Waals surface area contributed by atoms with Gasteiger partial charge in [-0.2, -0.15) is 4.98 Å². The number of aromatic nitrogens is 2. The molecule has 0 aliphatic rings. The van der Waals surface area contributed by atoms with E-state index >= 15 is 0 Å². The summed E-state index contributed by atoms with van der Waals surface area (Å²) in [5.74, 6) is 0.279. The molecule has 3 rings (SSSR count). The molecule has 2 aromatic carbocycles. The molecule has 0 saturated carbocycles. The molecule has 3 aromatic rings. The summed E-state index contributed by atoms with van der Waals surface area (Å²) in [4.78, 5) is 4.39. The van der Waals surface area contributed by atoms with Gasteiger partial charge in [0.05, 0.1) is 4.90 Å². The maximum Gasteiger partial charge on any atom is 0.240 e. The van der Waals surface area contributed by atoms with Gasteiger partial charge >= 0.3 is 0 Å². The molecule has 0 radical (unpaired) electrons. The normalized spacial score (nSPS) is 11.6. The van der Waals surface area contributed by atoms with Gasteiger partial charge in [-0.3, -0.25) is 0 Å². The molecule has 0 saturated heterocycles. The van der Waals surface area contributed by atoms with Crippen LogP contribution in [0.5, 0.6) is 0 Å². The Morgan fingerprint density at radius 3 is 2.64 bits per heavy atom. The van der Waals surface area contributed by atoms with E-state index in [1.807, 2.05) is 13.0 Å². The van der Waals surface area contributed by atoms with Crippen molar-refractivity contribution in [1.82, 2.24) is 14.9 Å². The monoisotopic (exact) mass is 361 g/mol. The minimum Gasteiger partial charge on any atom is -0.339 e. The largest absolute Gasteiger partial charge is 0.339 e. The number of benzene rings is 2. The zero-order valence-electron chi connectivity index (χ0n) is 13.4. The van der Waals surface area contributed by atoms with Crippen LogP contribution in [-0.4, -0.2) is 25.1 Å². The minimum atomic E-state index is -3.58. The second-order valence-corrected chi connectivity index (χ2v) is 7.25. The van der Waals surface area contributed by atoms with Crippen LogP contribution in [0, 0.1) is 12.7 Å². The SMILES string of the molecule is Cc1cccc(S(=O)(=O)NCCc2nc(-c3ccc(F)cc3)no2)c1. The van der Waals surface area contributed by atoms with Gasteiger partial charge in [0.15, 0.2) is 0 Å². The van der Waals surface area contributed by atoms with Crippen LogP contribution in [0.3, 0.4) is 0 Å². The van der Waals surface area contributed by atoms with Gasteiger partial charge in [-0.1, -0.05) is 17.3 Å². The quantitative estimate of drug-likeness (QED) is 0.730. The Labute approximate surface area is 144 Å². The maximum atomic E-state index is 12.9. The van der Waals surface area contributed by atoms with Crippen LogP contribution in [-0.2, 0) is 16.4 Å². The molecule has 0 aliphatic carbocycles. The zero-order valence-corrected chi connectivity index (χ0v) is 14.3. The Hall–Kier alpha value is -2.58.